The molecule has 1 rings (SSSR count). The summed E-state index contributed by atoms with van der Waals surface area (Å²) in [6.45, 7) is 11.1. The fourth-order valence-electron chi connectivity index (χ4n) is 1.44. The zero-order chi connectivity index (χ0) is 10.4. The summed E-state index contributed by atoms with van der Waals surface area (Å²) in [5.41, 5.74) is 0. The van der Waals surface area contributed by atoms with E-state index in [-0.39, 0.29) is 18.1 Å². The van der Waals surface area contributed by atoms with Gasteiger partial charge in [-0.1, -0.05) is 13.8 Å². The van der Waals surface area contributed by atoms with Crippen molar-refractivity contribution >= 4 is 5.91 Å². The highest BCUT2D eigenvalue weighted by Crippen LogP contribution is 2.09. The molecule has 0 aromatic rings. The summed E-state index contributed by atoms with van der Waals surface area (Å²) in [5.74, 6) is 0.145. The summed E-state index contributed by atoms with van der Waals surface area (Å²) in [7, 11) is 0. The molecule has 78 valence electrons. The van der Waals surface area contributed by atoms with Gasteiger partial charge in [0.1, 0.15) is 0 Å². The van der Waals surface area contributed by atoms with E-state index in [9.17, 15) is 4.79 Å². The predicted octanol–water partition coefficient (Wildman–Crippen LogP) is 1.67. The van der Waals surface area contributed by atoms with Crippen molar-refractivity contribution in [3.8, 4) is 0 Å². The molecule has 1 fully saturated rings. The molecule has 2 atom stereocenters. The van der Waals surface area contributed by atoms with Crippen molar-refractivity contribution in [2.24, 2.45) is 0 Å². The van der Waals surface area contributed by atoms with Gasteiger partial charge >= 0.3 is 0 Å². The second kappa shape index (κ2) is 5.97. The van der Waals surface area contributed by atoms with E-state index in [1.165, 1.54) is 0 Å². The van der Waals surface area contributed by atoms with Gasteiger partial charge in [0.25, 0.3) is 0 Å². The quantitative estimate of drug-likeness (QED) is 0.577. The lowest BCUT2D eigenvalue weighted by Crippen LogP contribution is -2.47. The Morgan fingerprint density at radius 1 is 1.23 bits per heavy atom. The van der Waals surface area contributed by atoms with Crippen LogP contribution in [0.1, 0.15) is 34.6 Å². The second-order valence-corrected chi connectivity index (χ2v) is 3.18. The van der Waals surface area contributed by atoms with Gasteiger partial charge in [0.05, 0.1) is 12.2 Å². The lowest BCUT2D eigenvalue weighted by molar-refractivity contribution is -0.140. The first-order valence-corrected chi connectivity index (χ1v) is 5.00. The molecule has 1 heterocycles. The molecule has 0 radical (unpaired) electrons. The molecule has 0 spiro atoms. The van der Waals surface area contributed by atoms with Crippen LogP contribution >= 0.6 is 0 Å². The fraction of sp³-hybridized carbons (Fsp3) is 0.900. The van der Waals surface area contributed by atoms with Crippen LogP contribution in [-0.4, -0.2) is 36.1 Å². The van der Waals surface area contributed by atoms with Gasteiger partial charge in [-0.15, -0.1) is 0 Å². The first-order chi connectivity index (χ1) is 6.09. The molecule has 3 heteroatoms. The van der Waals surface area contributed by atoms with E-state index in [1.807, 2.05) is 32.6 Å². The zero-order valence-corrected chi connectivity index (χ0v) is 9.33. The van der Waals surface area contributed by atoms with Crippen LogP contribution in [-0.2, 0) is 9.53 Å². The third kappa shape index (κ3) is 4.27. The van der Waals surface area contributed by atoms with Crippen LogP contribution in [0.2, 0.25) is 0 Å². The molecule has 1 amide bonds. The highest BCUT2D eigenvalue weighted by molar-refractivity contribution is 5.73. The molecule has 1 saturated heterocycles. The predicted molar refractivity (Wildman–Crippen MR) is 53.6 cm³/mol. The summed E-state index contributed by atoms with van der Waals surface area (Å²) < 4.78 is 5.47. The molecular weight excluding hydrogens is 166 g/mol. The van der Waals surface area contributed by atoms with E-state index >= 15 is 0 Å². The minimum Gasteiger partial charge on any atom is -0.372 e. The van der Waals surface area contributed by atoms with Gasteiger partial charge in [-0.3, -0.25) is 4.79 Å². The minimum atomic E-state index is 0.145. The van der Waals surface area contributed by atoms with Crippen molar-refractivity contribution in [2.75, 3.05) is 13.1 Å². The number of carbonyl (C=O) groups is 1. The molecule has 13 heavy (non-hydrogen) atoms. The molecule has 1 aliphatic rings. The van der Waals surface area contributed by atoms with E-state index in [1.54, 1.807) is 6.92 Å². The molecular formula is C10H21NO2. The Labute approximate surface area is 81.1 Å². The van der Waals surface area contributed by atoms with Gasteiger partial charge in [0.2, 0.25) is 5.91 Å². The molecule has 0 bridgehead atoms. The summed E-state index contributed by atoms with van der Waals surface area (Å²) in [5, 5.41) is 0. The monoisotopic (exact) mass is 187 g/mol. The number of ether oxygens (including phenoxy) is 1. The number of hydrogen-bond acceptors (Lipinski definition) is 2. The van der Waals surface area contributed by atoms with Crippen LogP contribution in [0.25, 0.3) is 0 Å². The summed E-state index contributed by atoms with van der Waals surface area (Å²) in [6.07, 6.45) is 0.366. The Hall–Kier alpha value is -0.570. The lowest BCUT2D eigenvalue weighted by atomic mass is 10.2. The molecule has 0 aromatic heterocycles. The molecule has 0 aliphatic carbocycles. The Morgan fingerprint density at radius 2 is 1.62 bits per heavy atom. The van der Waals surface area contributed by atoms with Crippen molar-refractivity contribution < 1.29 is 9.53 Å². The normalized spacial score (nSPS) is 27.6. The largest absolute Gasteiger partial charge is 0.372 e. The Kier molecular flexibility index (Phi) is 5.71. The fourth-order valence-corrected chi connectivity index (χ4v) is 1.44. The first-order valence-electron chi connectivity index (χ1n) is 5.00. The van der Waals surface area contributed by atoms with Gasteiger partial charge in [-0.25, -0.2) is 0 Å². The lowest BCUT2D eigenvalue weighted by Gasteiger charge is -2.34. The topological polar surface area (TPSA) is 29.5 Å². The number of nitrogens with zero attached hydrogens (tertiary/aromatic N) is 1. The van der Waals surface area contributed by atoms with Crippen LogP contribution < -0.4 is 0 Å². The van der Waals surface area contributed by atoms with Gasteiger partial charge in [-0.05, 0) is 13.8 Å². The van der Waals surface area contributed by atoms with Crippen LogP contribution in [0, 0.1) is 0 Å². The van der Waals surface area contributed by atoms with Crippen LogP contribution in [0.15, 0.2) is 0 Å². The average molecular weight is 187 g/mol. The molecule has 1 unspecified atom stereocenters. The van der Waals surface area contributed by atoms with Crippen LogP contribution in [0.5, 0.6) is 0 Å². The van der Waals surface area contributed by atoms with Gasteiger partial charge in [0.15, 0.2) is 0 Å². The number of morpholine rings is 1. The van der Waals surface area contributed by atoms with E-state index in [2.05, 4.69) is 0 Å². The first kappa shape index (κ1) is 12.4. The van der Waals surface area contributed by atoms with Crippen molar-refractivity contribution in [1.29, 1.82) is 0 Å². The zero-order valence-electron chi connectivity index (χ0n) is 9.33. The summed E-state index contributed by atoms with van der Waals surface area (Å²) in [6, 6.07) is 0. The van der Waals surface area contributed by atoms with Crippen molar-refractivity contribution in [3.05, 3.63) is 0 Å². The maximum atomic E-state index is 11.0. The number of rotatable bonds is 0. The van der Waals surface area contributed by atoms with Gasteiger partial charge in [0, 0.05) is 20.0 Å². The maximum absolute atomic E-state index is 11.0. The van der Waals surface area contributed by atoms with Gasteiger partial charge in [-0.2, -0.15) is 0 Å². The highest BCUT2D eigenvalue weighted by atomic mass is 16.5. The Bertz CT molecular complexity index is 149. The number of amides is 1. The smallest absolute Gasteiger partial charge is 0.219 e. The van der Waals surface area contributed by atoms with Crippen LogP contribution in [0.4, 0.5) is 0 Å². The summed E-state index contributed by atoms with van der Waals surface area (Å²) in [4.78, 5) is 12.8. The second-order valence-electron chi connectivity index (χ2n) is 3.18. The summed E-state index contributed by atoms with van der Waals surface area (Å²) >= 11 is 0. The Balaban J connectivity index is 0.000000671. The maximum Gasteiger partial charge on any atom is 0.219 e. The molecule has 3 nitrogen and oxygen atoms in total. The average Bonchev–Trinajstić information content (AvgIpc) is 2.06. The third-order valence-electron chi connectivity index (χ3n) is 1.86. The van der Waals surface area contributed by atoms with Crippen molar-refractivity contribution in [1.82, 2.24) is 4.90 Å². The van der Waals surface area contributed by atoms with Crippen molar-refractivity contribution in [3.63, 3.8) is 0 Å². The molecule has 0 aromatic carbocycles. The number of hydrogen-bond donors (Lipinski definition) is 0. The van der Waals surface area contributed by atoms with E-state index in [0.717, 1.165) is 13.1 Å². The van der Waals surface area contributed by atoms with E-state index in [0.29, 0.717) is 0 Å². The molecule has 0 saturated carbocycles. The van der Waals surface area contributed by atoms with E-state index in [4.69, 9.17) is 4.74 Å². The van der Waals surface area contributed by atoms with Gasteiger partial charge < -0.3 is 9.64 Å². The molecule has 1 aliphatic heterocycles. The SMILES string of the molecule is CC.CC(=O)N1CC(C)O[C@H](C)C1. The van der Waals surface area contributed by atoms with E-state index < -0.39 is 0 Å². The van der Waals surface area contributed by atoms with Crippen molar-refractivity contribution in [2.45, 2.75) is 46.8 Å². The standard InChI is InChI=1S/C8H15NO2.C2H6/c1-6-4-9(8(3)10)5-7(2)11-6;1-2/h6-7H,4-5H2,1-3H3;1-2H3/t6-,7?;/m1./s1. The third-order valence-corrected chi connectivity index (χ3v) is 1.86. The highest BCUT2D eigenvalue weighted by Gasteiger charge is 2.23. The minimum absolute atomic E-state index is 0.145. The number of carbonyl (C=O) groups excluding carboxylic acids is 1. The van der Waals surface area contributed by atoms with Crippen LogP contribution in [0.3, 0.4) is 0 Å². The molecule has 0 N–H and O–H groups in total. The Morgan fingerprint density at radius 3 is 1.92 bits per heavy atom.